The molecule has 112 valence electrons. The molecule has 0 saturated carbocycles. The summed E-state index contributed by atoms with van der Waals surface area (Å²) < 4.78 is 65.7. The zero-order valence-electron chi connectivity index (χ0n) is 10.5. The van der Waals surface area contributed by atoms with Gasteiger partial charge in [-0.2, -0.15) is 0 Å². The SMILES string of the molecule is O=S(=O)(Nc1c(F)cc(F)cc1F)c1ccccc1CO. The van der Waals surface area contributed by atoms with Crippen molar-refractivity contribution in [3.05, 3.63) is 59.4 Å². The average molecular weight is 317 g/mol. The molecule has 0 heterocycles. The molecule has 8 heteroatoms. The molecule has 0 aromatic heterocycles. The van der Waals surface area contributed by atoms with Crippen LogP contribution in [0.15, 0.2) is 41.3 Å². The summed E-state index contributed by atoms with van der Waals surface area (Å²) >= 11 is 0. The quantitative estimate of drug-likeness (QED) is 0.910. The van der Waals surface area contributed by atoms with Crippen molar-refractivity contribution in [3.63, 3.8) is 0 Å². The van der Waals surface area contributed by atoms with Crippen molar-refractivity contribution in [2.24, 2.45) is 0 Å². The van der Waals surface area contributed by atoms with Crippen molar-refractivity contribution in [2.45, 2.75) is 11.5 Å². The molecule has 0 aliphatic carbocycles. The van der Waals surface area contributed by atoms with Crippen LogP contribution in [0.4, 0.5) is 18.9 Å². The lowest BCUT2D eigenvalue weighted by Crippen LogP contribution is -2.17. The maximum atomic E-state index is 13.5. The molecule has 2 N–H and O–H groups in total. The third-order valence-corrected chi connectivity index (χ3v) is 4.13. The number of anilines is 1. The van der Waals surface area contributed by atoms with Crippen LogP contribution in [0.1, 0.15) is 5.56 Å². The van der Waals surface area contributed by atoms with Crippen LogP contribution < -0.4 is 4.72 Å². The molecule has 0 amide bonds. The summed E-state index contributed by atoms with van der Waals surface area (Å²) in [5.74, 6) is -3.92. The summed E-state index contributed by atoms with van der Waals surface area (Å²) in [5.41, 5.74) is -0.919. The van der Waals surface area contributed by atoms with Gasteiger partial charge >= 0.3 is 0 Å². The van der Waals surface area contributed by atoms with E-state index in [1.54, 1.807) is 4.72 Å². The Morgan fingerprint density at radius 1 is 1.05 bits per heavy atom. The molecule has 21 heavy (non-hydrogen) atoms. The largest absolute Gasteiger partial charge is 0.392 e. The van der Waals surface area contributed by atoms with Gasteiger partial charge < -0.3 is 5.11 Å². The summed E-state index contributed by atoms with van der Waals surface area (Å²) in [7, 11) is -4.33. The van der Waals surface area contributed by atoms with E-state index >= 15 is 0 Å². The minimum atomic E-state index is -4.33. The van der Waals surface area contributed by atoms with Gasteiger partial charge in [-0.3, -0.25) is 4.72 Å². The van der Waals surface area contributed by atoms with Gasteiger partial charge in [0.2, 0.25) is 0 Å². The Labute approximate surface area is 118 Å². The molecule has 0 radical (unpaired) electrons. The molecular formula is C13H10F3NO3S. The molecule has 2 rings (SSSR count). The normalized spacial score (nSPS) is 11.4. The van der Waals surface area contributed by atoms with Crippen molar-refractivity contribution >= 4 is 15.7 Å². The molecule has 0 aliphatic heterocycles. The highest BCUT2D eigenvalue weighted by Crippen LogP contribution is 2.25. The van der Waals surface area contributed by atoms with Gasteiger partial charge in [0.05, 0.1) is 11.5 Å². The Morgan fingerprint density at radius 3 is 2.19 bits per heavy atom. The fourth-order valence-electron chi connectivity index (χ4n) is 1.73. The number of sulfonamides is 1. The van der Waals surface area contributed by atoms with Gasteiger partial charge in [-0.25, -0.2) is 21.6 Å². The van der Waals surface area contributed by atoms with E-state index < -0.39 is 39.8 Å². The lowest BCUT2D eigenvalue weighted by atomic mass is 10.2. The number of aliphatic hydroxyl groups is 1. The van der Waals surface area contributed by atoms with Gasteiger partial charge in [0.1, 0.15) is 11.5 Å². The van der Waals surface area contributed by atoms with Crippen molar-refractivity contribution < 1.29 is 26.7 Å². The number of hydrogen-bond donors (Lipinski definition) is 2. The highest BCUT2D eigenvalue weighted by molar-refractivity contribution is 7.92. The molecule has 0 saturated heterocycles. The highest BCUT2D eigenvalue weighted by atomic mass is 32.2. The molecular weight excluding hydrogens is 307 g/mol. The van der Waals surface area contributed by atoms with Crippen LogP contribution in [-0.2, 0) is 16.6 Å². The van der Waals surface area contributed by atoms with Crippen molar-refractivity contribution in [2.75, 3.05) is 4.72 Å². The van der Waals surface area contributed by atoms with Crippen LogP contribution in [-0.4, -0.2) is 13.5 Å². The van der Waals surface area contributed by atoms with Gasteiger partial charge in [-0.1, -0.05) is 18.2 Å². The Morgan fingerprint density at radius 2 is 1.62 bits per heavy atom. The molecule has 2 aromatic rings. The standard InChI is InChI=1S/C13H10F3NO3S/c14-9-5-10(15)13(11(16)6-9)17-21(19,20)12-4-2-1-3-8(12)7-18/h1-6,17-18H,7H2. The maximum Gasteiger partial charge on any atom is 0.262 e. The summed E-state index contributed by atoms with van der Waals surface area (Å²) in [6.45, 7) is -0.564. The predicted molar refractivity (Wildman–Crippen MR) is 69.5 cm³/mol. The number of halogens is 3. The van der Waals surface area contributed by atoms with E-state index in [1.165, 1.54) is 24.3 Å². The second kappa shape index (κ2) is 5.74. The molecule has 0 fully saturated rings. The van der Waals surface area contributed by atoms with E-state index in [1.807, 2.05) is 0 Å². The van der Waals surface area contributed by atoms with Crippen molar-refractivity contribution in [1.82, 2.24) is 0 Å². The molecule has 0 unspecified atom stereocenters. The van der Waals surface area contributed by atoms with Gasteiger partial charge in [0, 0.05) is 12.1 Å². The van der Waals surface area contributed by atoms with Crippen molar-refractivity contribution in [3.8, 4) is 0 Å². The fraction of sp³-hybridized carbons (Fsp3) is 0.0769. The van der Waals surface area contributed by atoms with Crippen LogP contribution in [0, 0.1) is 17.5 Å². The number of hydrogen-bond acceptors (Lipinski definition) is 3. The highest BCUT2D eigenvalue weighted by Gasteiger charge is 2.22. The topological polar surface area (TPSA) is 66.4 Å². The van der Waals surface area contributed by atoms with Gasteiger partial charge in [0.25, 0.3) is 10.0 Å². The molecule has 4 nitrogen and oxygen atoms in total. The maximum absolute atomic E-state index is 13.5. The van der Waals surface area contributed by atoms with Crippen LogP contribution in [0.5, 0.6) is 0 Å². The summed E-state index contributed by atoms with van der Waals surface area (Å²) in [4.78, 5) is -0.323. The van der Waals surface area contributed by atoms with Crippen molar-refractivity contribution in [1.29, 1.82) is 0 Å². The molecule has 0 atom stereocenters. The minimum absolute atomic E-state index is 0.0629. The van der Waals surface area contributed by atoms with E-state index in [0.717, 1.165) is 0 Å². The third-order valence-electron chi connectivity index (χ3n) is 2.68. The monoisotopic (exact) mass is 317 g/mol. The summed E-state index contributed by atoms with van der Waals surface area (Å²) in [6, 6.07) is 6.14. The number of benzene rings is 2. The number of rotatable bonds is 4. The molecule has 0 spiro atoms. The lowest BCUT2D eigenvalue weighted by molar-refractivity contribution is 0.278. The predicted octanol–water partition coefficient (Wildman–Crippen LogP) is 2.40. The first kappa shape index (κ1) is 15.3. The van der Waals surface area contributed by atoms with Crippen LogP contribution in [0.3, 0.4) is 0 Å². The van der Waals surface area contributed by atoms with E-state index in [-0.39, 0.29) is 10.5 Å². The summed E-state index contributed by atoms with van der Waals surface area (Å²) in [6.07, 6.45) is 0. The molecule has 0 aliphatic rings. The van der Waals surface area contributed by atoms with Gasteiger partial charge in [-0.05, 0) is 11.6 Å². The van der Waals surface area contributed by atoms with Crippen LogP contribution in [0.2, 0.25) is 0 Å². The number of nitrogens with one attached hydrogen (secondary N) is 1. The Hall–Kier alpha value is -2.06. The number of aliphatic hydroxyl groups excluding tert-OH is 1. The Balaban J connectivity index is 2.48. The first-order chi connectivity index (χ1) is 9.85. The lowest BCUT2D eigenvalue weighted by Gasteiger charge is -2.12. The van der Waals surface area contributed by atoms with Crippen LogP contribution >= 0.6 is 0 Å². The van der Waals surface area contributed by atoms with E-state index in [4.69, 9.17) is 5.11 Å². The van der Waals surface area contributed by atoms with Gasteiger partial charge in [0.15, 0.2) is 11.6 Å². The minimum Gasteiger partial charge on any atom is -0.392 e. The molecule has 2 aromatic carbocycles. The smallest absolute Gasteiger partial charge is 0.262 e. The second-order valence-corrected chi connectivity index (χ2v) is 5.77. The Bertz CT molecular complexity index is 755. The zero-order chi connectivity index (χ0) is 15.6. The molecule has 0 bridgehead atoms. The van der Waals surface area contributed by atoms with E-state index in [9.17, 15) is 21.6 Å². The first-order valence-corrected chi connectivity index (χ1v) is 7.19. The van der Waals surface area contributed by atoms with Crippen LogP contribution in [0.25, 0.3) is 0 Å². The third kappa shape index (κ3) is 3.17. The van der Waals surface area contributed by atoms with E-state index in [2.05, 4.69) is 0 Å². The zero-order valence-corrected chi connectivity index (χ0v) is 11.3. The van der Waals surface area contributed by atoms with E-state index in [0.29, 0.717) is 12.1 Å². The summed E-state index contributed by atoms with van der Waals surface area (Å²) in [5, 5.41) is 9.10. The second-order valence-electron chi connectivity index (χ2n) is 4.12. The average Bonchev–Trinajstić information content (AvgIpc) is 2.43. The van der Waals surface area contributed by atoms with Gasteiger partial charge in [-0.15, -0.1) is 0 Å². The fourth-order valence-corrected chi connectivity index (χ4v) is 3.03. The Kier molecular flexibility index (Phi) is 4.19. The first-order valence-electron chi connectivity index (χ1n) is 5.71.